The van der Waals surface area contributed by atoms with Gasteiger partial charge in [0, 0.05) is 24.3 Å². The van der Waals surface area contributed by atoms with Crippen molar-refractivity contribution < 1.29 is 14.6 Å². The number of hydrogen-bond acceptors (Lipinski definition) is 4. The molecule has 0 radical (unpaired) electrons. The SMILES string of the molecule is Cc1ccc(NC(=O)COc2ccc3ccccc3c2CNCC(O)c2ccccc2)cc1. The standard InChI is InChI=1S/C28H28N2O3/c1-20-11-14-23(15-12-20)30-28(32)19-33-27-16-13-21-7-5-6-10-24(21)25(27)17-29-18-26(31)22-8-3-2-4-9-22/h2-16,26,29,31H,17-19H2,1H3,(H,30,32). The molecule has 33 heavy (non-hydrogen) atoms. The predicted octanol–water partition coefficient (Wildman–Crippen LogP) is 4.99. The Balaban J connectivity index is 1.44. The summed E-state index contributed by atoms with van der Waals surface area (Å²) < 4.78 is 5.93. The average Bonchev–Trinajstić information content (AvgIpc) is 2.85. The topological polar surface area (TPSA) is 70.6 Å². The van der Waals surface area contributed by atoms with Gasteiger partial charge in [0.2, 0.25) is 0 Å². The number of benzene rings is 4. The van der Waals surface area contributed by atoms with Crippen molar-refractivity contribution in [1.29, 1.82) is 0 Å². The smallest absolute Gasteiger partial charge is 0.262 e. The van der Waals surface area contributed by atoms with Gasteiger partial charge in [-0.3, -0.25) is 4.79 Å². The summed E-state index contributed by atoms with van der Waals surface area (Å²) in [5, 5.41) is 18.8. The van der Waals surface area contributed by atoms with Gasteiger partial charge in [-0.2, -0.15) is 0 Å². The van der Waals surface area contributed by atoms with E-state index in [0.29, 0.717) is 18.8 Å². The van der Waals surface area contributed by atoms with E-state index in [-0.39, 0.29) is 12.5 Å². The number of carbonyl (C=O) groups excluding carboxylic acids is 1. The van der Waals surface area contributed by atoms with Crippen LogP contribution < -0.4 is 15.4 Å². The third kappa shape index (κ3) is 5.98. The van der Waals surface area contributed by atoms with Gasteiger partial charge in [0.05, 0.1) is 6.10 Å². The van der Waals surface area contributed by atoms with Crippen molar-refractivity contribution in [2.75, 3.05) is 18.5 Å². The fourth-order valence-electron chi connectivity index (χ4n) is 3.74. The molecular formula is C28H28N2O3. The summed E-state index contributed by atoms with van der Waals surface area (Å²) in [6.45, 7) is 2.81. The number of aliphatic hydroxyl groups is 1. The second kappa shape index (κ2) is 10.8. The highest BCUT2D eigenvalue weighted by Crippen LogP contribution is 2.28. The van der Waals surface area contributed by atoms with E-state index in [1.807, 2.05) is 97.9 Å². The number of ether oxygens (including phenoxy) is 1. The van der Waals surface area contributed by atoms with Gasteiger partial charge in [-0.15, -0.1) is 0 Å². The number of fused-ring (bicyclic) bond motifs is 1. The van der Waals surface area contributed by atoms with Crippen molar-refractivity contribution in [3.05, 3.63) is 108 Å². The first-order chi connectivity index (χ1) is 16.1. The number of rotatable bonds is 9. The molecule has 1 atom stereocenters. The molecule has 0 fully saturated rings. The second-order valence-corrected chi connectivity index (χ2v) is 8.02. The molecular weight excluding hydrogens is 412 g/mol. The molecule has 168 valence electrons. The molecule has 1 amide bonds. The van der Waals surface area contributed by atoms with Crippen molar-refractivity contribution in [3.8, 4) is 5.75 Å². The van der Waals surface area contributed by atoms with E-state index in [2.05, 4.69) is 10.6 Å². The number of anilines is 1. The summed E-state index contributed by atoms with van der Waals surface area (Å²) in [5.74, 6) is 0.430. The largest absolute Gasteiger partial charge is 0.483 e. The van der Waals surface area contributed by atoms with Crippen LogP contribution in [0.4, 0.5) is 5.69 Å². The lowest BCUT2D eigenvalue weighted by Crippen LogP contribution is -2.23. The minimum Gasteiger partial charge on any atom is -0.483 e. The molecule has 0 aliphatic heterocycles. The van der Waals surface area contributed by atoms with Gasteiger partial charge in [0.25, 0.3) is 5.91 Å². The van der Waals surface area contributed by atoms with Crippen LogP contribution in [0.2, 0.25) is 0 Å². The highest BCUT2D eigenvalue weighted by molar-refractivity contribution is 5.92. The lowest BCUT2D eigenvalue weighted by atomic mass is 10.0. The predicted molar refractivity (Wildman–Crippen MR) is 132 cm³/mol. The number of amides is 1. The molecule has 0 saturated carbocycles. The molecule has 5 heteroatoms. The number of aryl methyl sites for hydroxylation is 1. The van der Waals surface area contributed by atoms with E-state index >= 15 is 0 Å². The highest BCUT2D eigenvalue weighted by Gasteiger charge is 2.13. The van der Waals surface area contributed by atoms with Crippen LogP contribution in [-0.4, -0.2) is 24.2 Å². The van der Waals surface area contributed by atoms with E-state index < -0.39 is 6.10 Å². The summed E-state index contributed by atoms with van der Waals surface area (Å²) in [6, 6.07) is 29.2. The van der Waals surface area contributed by atoms with Crippen LogP contribution in [0.25, 0.3) is 10.8 Å². The van der Waals surface area contributed by atoms with Gasteiger partial charge < -0.3 is 20.5 Å². The third-order valence-electron chi connectivity index (χ3n) is 5.52. The van der Waals surface area contributed by atoms with Crippen LogP contribution in [0.3, 0.4) is 0 Å². The van der Waals surface area contributed by atoms with E-state index in [9.17, 15) is 9.90 Å². The summed E-state index contributed by atoms with van der Waals surface area (Å²) in [6.07, 6.45) is -0.606. The summed E-state index contributed by atoms with van der Waals surface area (Å²) in [4.78, 5) is 12.4. The van der Waals surface area contributed by atoms with Crippen LogP contribution in [0.15, 0.2) is 91.0 Å². The maximum absolute atomic E-state index is 12.4. The number of nitrogens with one attached hydrogen (secondary N) is 2. The zero-order chi connectivity index (χ0) is 23.0. The Morgan fingerprint density at radius 1 is 0.909 bits per heavy atom. The normalized spacial score (nSPS) is 11.8. The van der Waals surface area contributed by atoms with E-state index in [4.69, 9.17) is 4.74 Å². The van der Waals surface area contributed by atoms with Gasteiger partial charge in [0.15, 0.2) is 6.61 Å². The Hall–Kier alpha value is -3.67. The van der Waals surface area contributed by atoms with Gasteiger partial charge >= 0.3 is 0 Å². The van der Waals surface area contributed by atoms with Crippen molar-refractivity contribution in [2.24, 2.45) is 0 Å². The molecule has 0 aliphatic carbocycles. The molecule has 4 aromatic carbocycles. The number of carbonyl (C=O) groups is 1. The van der Waals surface area contributed by atoms with E-state index in [1.54, 1.807) is 0 Å². The summed E-state index contributed by atoms with van der Waals surface area (Å²) >= 11 is 0. The molecule has 4 rings (SSSR count). The second-order valence-electron chi connectivity index (χ2n) is 8.02. The monoisotopic (exact) mass is 440 g/mol. The third-order valence-corrected chi connectivity index (χ3v) is 5.52. The van der Waals surface area contributed by atoms with E-state index in [0.717, 1.165) is 33.2 Å². The zero-order valence-corrected chi connectivity index (χ0v) is 18.6. The summed E-state index contributed by atoms with van der Waals surface area (Å²) in [5.41, 5.74) is 3.70. The Labute approximate surface area is 194 Å². The van der Waals surface area contributed by atoms with Crippen molar-refractivity contribution in [2.45, 2.75) is 19.6 Å². The lowest BCUT2D eigenvalue weighted by Gasteiger charge is -2.17. The molecule has 0 spiro atoms. The molecule has 0 saturated heterocycles. The van der Waals surface area contributed by atoms with Gasteiger partial charge in [0.1, 0.15) is 5.75 Å². The maximum Gasteiger partial charge on any atom is 0.262 e. The van der Waals surface area contributed by atoms with Crippen molar-refractivity contribution in [3.63, 3.8) is 0 Å². The first-order valence-electron chi connectivity index (χ1n) is 11.0. The lowest BCUT2D eigenvalue weighted by molar-refractivity contribution is -0.118. The van der Waals surface area contributed by atoms with Gasteiger partial charge in [-0.05, 0) is 41.5 Å². The molecule has 5 nitrogen and oxygen atoms in total. The molecule has 4 aromatic rings. The van der Waals surface area contributed by atoms with Crippen LogP contribution >= 0.6 is 0 Å². The Bertz CT molecular complexity index is 1210. The first kappa shape index (κ1) is 22.5. The fourth-order valence-corrected chi connectivity index (χ4v) is 3.74. The minimum absolute atomic E-state index is 0.0914. The fraction of sp³-hybridized carbons (Fsp3) is 0.179. The quantitative estimate of drug-likeness (QED) is 0.343. The zero-order valence-electron chi connectivity index (χ0n) is 18.6. The average molecular weight is 441 g/mol. The summed E-state index contributed by atoms with van der Waals surface area (Å²) in [7, 11) is 0. The van der Waals surface area contributed by atoms with Crippen LogP contribution in [0.5, 0.6) is 5.75 Å². The Morgan fingerprint density at radius 2 is 1.64 bits per heavy atom. The Kier molecular flexibility index (Phi) is 7.35. The van der Waals surface area contributed by atoms with Crippen LogP contribution in [0.1, 0.15) is 22.8 Å². The number of hydrogen-bond donors (Lipinski definition) is 3. The maximum atomic E-state index is 12.4. The van der Waals surface area contributed by atoms with Crippen LogP contribution in [0, 0.1) is 6.92 Å². The highest BCUT2D eigenvalue weighted by atomic mass is 16.5. The number of aliphatic hydroxyl groups excluding tert-OH is 1. The molecule has 0 heterocycles. The van der Waals surface area contributed by atoms with E-state index in [1.165, 1.54) is 0 Å². The Morgan fingerprint density at radius 3 is 2.42 bits per heavy atom. The first-order valence-corrected chi connectivity index (χ1v) is 11.0. The molecule has 0 bridgehead atoms. The van der Waals surface area contributed by atoms with Crippen molar-refractivity contribution >= 4 is 22.4 Å². The van der Waals surface area contributed by atoms with Crippen LogP contribution in [-0.2, 0) is 11.3 Å². The molecule has 0 aromatic heterocycles. The van der Waals surface area contributed by atoms with Gasteiger partial charge in [-0.25, -0.2) is 0 Å². The van der Waals surface area contributed by atoms with Crippen molar-refractivity contribution in [1.82, 2.24) is 5.32 Å². The molecule has 0 aliphatic rings. The molecule has 3 N–H and O–H groups in total. The van der Waals surface area contributed by atoms with Gasteiger partial charge in [-0.1, -0.05) is 78.4 Å². The minimum atomic E-state index is -0.606. The molecule has 1 unspecified atom stereocenters.